The molecule has 0 radical (unpaired) electrons. The molecule has 0 aliphatic heterocycles. The van der Waals surface area contributed by atoms with Crippen molar-refractivity contribution in [2.75, 3.05) is 0 Å². The fourth-order valence-corrected chi connectivity index (χ4v) is 3.85. The minimum absolute atomic E-state index is 0.256. The van der Waals surface area contributed by atoms with Gasteiger partial charge in [0, 0.05) is 29.0 Å². The molecule has 26 heavy (non-hydrogen) atoms. The van der Waals surface area contributed by atoms with E-state index < -0.39 is 0 Å². The highest BCUT2D eigenvalue weighted by molar-refractivity contribution is 7.19. The summed E-state index contributed by atoms with van der Waals surface area (Å²) >= 11 is 13.5. The van der Waals surface area contributed by atoms with Gasteiger partial charge in [-0.2, -0.15) is 9.61 Å². The van der Waals surface area contributed by atoms with Crippen molar-refractivity contribution in [1.82, 2.24) is 19.6 Å². The fourth-order valence-electron chi connectivity index (χ4n) is 2.34. The van der Waals surface area contributed by atoms with Crippen LogP contribution in [-0.2, 0) is 0 Å². The summed E-state index contributed by atoms with van der Waals surface area (Å²) in [4.78, 5) is 21.4. The highest BCUT2D eigenvalue weighted by atomic mass is 35.5. The van der Waals surface area contributed by atoms with E-state index in [9.17, 15) is 4.79 Å². The molecule has 0 amide bonds. The third-order valence-electron chi connectivity index (χ3n) is 3.56. The van der Waals surface area contributed by atoms with Gasteiger partial charge in [-0.3, -0.25) is 9.78 Å². The monoisotopic (exact) mass is 400 g/mol. The molecule has 8 heteroatoms. The van der Waals surface area contributed by atoms with Gasteiger partial charge in [-0.15, -0.1) is 0 Å². The lowest BCUT2D eigenvalue weighted by Crippen LogP contribution is -2.14. The largest absolute Gasteiger partial charge is 0.275 e. The zero-order chi connectivity index (χ0) is 18.1. The maximum Gasteiger partial charge on any atom is 0.275 e. The molecule has 128 valence electrons. The van der Waals surface area contributed by atoms with Crippen LogP contribution in [0.2, 0.25) is 10.0 Å². The quantitative estimate of drug-likeness (QED) is 0.500. The highest BCUT2D eigenvalue weighted by Gasteiger charge is 2.12. The van der Waals surface area contributed by atoms with Crippen molar-refractivity contribution >= 4 is 51.7 Å². The third-order valence-corrected chi connectivity index (χ3v) is 5.05. The molecule has 0 atom stereocenters. The molecule has 0 fully saturated rings. The van der Waals surface area contributed by atoms with E-state index in [0.717, 1.165) is 5.56 Å². The summed E-state index contributed by atoms with van der Waals surface area (Å²) in [6, 6.07) is 10.3. The Labute approximate surface area is 162 Å². The molecular formula is C18H10Cl2N4OS. The predicted octanol–water partition coefficient (Wildman–Crippen LogP) is 4.69. The Kier molecular flexibility index (Phi) is 4.55. The lowest BCUT2D eigenvalue weighted by atomic mass is 10.2. The molecule has 0 N–H and O–H groups in total. The van der Waals surface area contributed by atoms with Gasteiger partial charge in [0.1, 0.15) is 5.01 Å². The maximum atomic E-state index is 12.4. The molecule has 1 aromatic carbocycles. The zero-order valence-corrected chi connectivity index (χ0v) is 15.5. The van der Waals surface area contributed by atoms with Crippen LogP contribution in [-0.4, -0.2) is 19.6 Å². The van der Waals surface area contributed by atoms with Gasteiger partial charge in [0.05, 0.1) is 10.7 Å². The van der Waals surface area contributed by atoms with Crippen LogP contribution in [0.5, 0.6) is 0 Å². The Bertz CT molecular complexity index is 1180. The molecule has 3 aromatic heterocycles. The van der Waals surface area contributed by atoms with Gasteiger partial charge in [0.2, 0.25) is 4.96 Å². The SMILES string of the molecule is O=c1cc(/C=C/c2cccnc2)nc2sc(-c3ccc(Cl)cc3Cl)nn12. The first-order valence-electron chi connectivity index (χ1n) is 7.54. The second-order valence-electron chi connectivity index (χ2n) is 5.36. The van der Waals surface area contributed by atoms with Crippen LogP contribution >= 0.6 is 34.5 Å². The van der Waals surface area contributed by atoms with Gasteiger partial charge in [-0.1, -0.05) is 46.7 Å². The number of halogens is 2. The Morgan fingerprint density at radius 2 is 2.00 bits per heavy atom. The van der Waals surface area contributed by atoms with Crippen LogP contribution < -0.4 is 5.56 Å². The summed E-state index contributed by atoms with van der Waals surface area (Å²) in [5.41, 5.74) is 1.93. The van der Waals surface area contributed by atoms with Crippen LogP contribution in [0.25, 0.3) is 27.7 Å². The molecule has 0 aliphatic carbocycles. The molecule has 0 bridgehead atoms. The number of nitrogens with zero attached hydrogens (tertiary/aromatic N) is 4. The summed E-state index contributed by atoms with van der Waals surface area (Å²) in [5.74, 6) is 0. The van der Waals surface area contributed by atoms with Crippen molar-refractivity contribution in [3.63, 3.8) is 0 Å². The topological polar surface area (TPSA) is 60.2 Å². The van der Waals surface area contributed by atoms with Gasteiger partial charge in [-0.05, 0) is 35.9 Å². The first kappa shape index (κ1) is 16.9. The van der Waals surface area contributed by atoms with Crippen molar-refractivity contribution in [2.45, 2.75) is 0 Å². The molecule has 0 saturated heterocycles. The second-order valence-corrected chi connectivity index (χ2v) is 7.16. The van der Waals surface area contributed by atoms with Crippen LogP contribution in [0.15, 0.2) is 53.6 Å². The number of fused-ring (bicyclic) bond motifs is 1. The standard InChI is InChI=1S/C18H10Cl2N4OS/c19-12-4-6-14(15(20)8-12)17-23-24-16(25)9-13(22-18(24)26-17)5-3-11-2-1-7-21-10-11/h1-10H/b5-3+. The zero-order valence-electron chi connectivity index (χ0n) is 13.1. The molecule has 0 unspecified atom stereocenters. The fraction of sp³-hybridized carbons (Fsp3) is 0. The van der Waals surface area contributed by atoms with Crippen LogP contribution in [0.4, 0.5) is 0 Å². The average molecular weight is 401 g/mol. The number of aromatic nitrogens is 4. The van der Waals surface area contributed by atoms with E-state index in [1.165, 1.54) is 21.9 Å². The van der Waals surface area contributed by atoms with Crippen molar-refractivity contribution in [3.05, 3.63) is 80.4 Å². The highest BCUT2D eigenvalue weighted by Crippen LogP contribution is 2.32. The molecule has 5 nitrogen and oxygen atoms in total. The van der Waals surface area contributed by atoms with Crippen molar-refractivity contribution in [1.29, 1.82) is 0 Å². The normalized spacial score (nSPS) is 11.5. The lowest BCUT2D eigenvalue weighted by molar-refractivity contribution is 0.901. The first-order valence-corrected chi connectivity index (χ1v) is 9.12. The molecule has 0 aliphatic rings. The minimum atomic E-state index is -0.256. The lowest BCUT2D eigenvalue weighted by Gasteiger charge is -1.99. The molecule has 4 aromatic rings. The van der Waals surface area contributed by atoms with Gasteiger partial charge in [-0.25, -0.2) is 4.98 Å². The Hall–Kier alpha value is -2.54. The molecule has 4 rings (SSSR count). The molecule has 0 saturated carbocycles. The summed E-state index contributed by atoms with van der Waals surface area (Å²) in [6.07, 6.45) is 7.06. The first-order chi connectivity index (χ1) is 12.6. The number of hydrogen-bond acceptors (Lipinski definition) is 5. The van der Waals surface area contributed by atoms with Gasteiger partial charge < -0.3 is 0 Å². The number of pyridine rings is 1. The Morgan fingerprint density at radius 3 is 2.77 bits per heavy atom. The molecule has 0 spiro atoms. The van der Waals surface area contributed by atoms with E-state index >= 15 is 0 Å². The summed E-state index contributed by atoms with van der Waals surface area (Å²) in [6.45, 7) is 0. The van der Waals surface area contributed by atoms with Gasteiger partial charge >= 0.3 is 0 Å². The number of benzene rings is 1. The van der Waals surface area contributed by atoms with E-state index in [1.54, 1.807) is 36.7 Å². The van der Waals surface area contributed by atoms with Gasteiger partial charge in [0.25, 0.3) is 5.56 Å². The third kappa shape index (κ3) is 3.39. The minimum Gasteiger partial charge on any atom is -0.267 e. The average Bonchev–Trinajstić information content (AvgIpc) is 3.05. The maximum absolute atomic E-state index is 12.4. The van der Waals surface area contributed by atoms with E-state index in [1.807, 2.05) is 18.2 Å². The van der Waals surface area contributed by atoms with Crippen LogP contribution in [0, 0.1) is 0 Å². The second kappa shape index (κ2) is 6.99. The summed E-state index contributed by atoms with van der Waals surface area (Å²) < 4.78 is 1.27. The van der Waals surface area contributed by atoms with Gasteiger partial charge in [0.15, 0.2) is 0 Å². The summed E-state index contributed by atoms with van der Waals surface area (Å²) in [5, 5.41) is 5.95. The van der Waals surface area contributed by atoms with Crippen molar-refractivity contribution < 1.29 is 0 Å². The van der Waals surface area contributed by atoms with Crippen LogP contribution in [0.1, 0.15) is 11.3 Å². The molecule has 3 heterocycles. The van der Waals surface area contributed by atoms with Crippen molar-refractivity contribution in [2.24, 2.45) is 0 Å². The smallest absolute Gasteiger partial charge is 0.267 e. The van der Waals surface area contributed by atoms with E-state index in [4.69, 9.17) is 23.2 Å². The molecular weight excluding hydrogens is 391 g/mol. The van der Waals surface area contributed by atoms with Crippen molar-refractivity contribution in [3.8, 4) is 10.6 Å². The summed E-state index contributed by atoms with van der Waals surface area (Å²) in [7, 11) is 0. The number of rotatable bonds is 3. The van der Waals surface area contributed by atoms with E-state index in [0.29, 0.717) is 31.3 Å². The van der Waals surface area contributed by atoms with Crippen LogP contribution in [0.3, 0.4) is 0 Å². The van der Waals surface area contributed by atoms with E-state index in [2.05, 4.69) is 15.1 Å². The Balaban J connectivity index is 1.76. The number of hydrogen-bond donors (Lipinski definition) is 0. The predicted molar refractivity (Wildman–Crippen MR) is 106 cm³/mol. The Morgan fingerprint density at radius 1 is 1.12 bits per heavy atom. The van der Waals surface area contributed by atoms with E-state index in [-0.39, 0.29) is 5.56 Å².